The van der Waals surface area contributed by atoms with E-state index < -0.39 is 25.3 Å². The average Bonchev–Trinajstić information content (AvgIpc) is 2.99. The van der Waals surface area contributed by atoms with Crippen molar-refractivity contribution in [2.24, 2.45) is 0 Å². The zero-order chi connectivity index (χ0) is 34.3. The number of aliphatic hydroxyl groups excluding tert-OH is 1. The molecule has 0 radical (unpaired) electrons. The SMILES string of the molecule is C=C(C)C(=O)OCC(O)COC(=O)CC(C)[P+](CCCCCCCC)(CCCCCCCC)CCCCCCCC.CC(=O)[O-]. The predicted octanol–water partition coefficient (Wildman–Crippen LogP) is 8.64. The van der Waals surface area contributed by atoms with Crippen molar-refractivity contribution in [3.05, 3.63) is 12.2 Å². The molecule has 45 heavy (non-hydrogen) atoms. The second kappa shape index (κ2) is 31.2. The van der Waals surface area contributed by atoms with Gasteiger partial charge < -0.3 is 24.5 Å². The summed E-state index contributed by atoms with van der Waals surface area (Å²) in [6, 6.07) is 0. The fourth-order valence-electron chi connectivity index (χ4n) is 5.64. The van der Waals surface area contributed by atoms with Crippen LogP contribution in [-0.4, -0.2) is 66.5 Å². The zero-order valence-corrected chi connectivity index (χ0v) is 31.1. The van der Waals surface area contributed by atoms with Gasteiger partial charge in [-0.05, 0) is 59.3 Å². The molecule has 0 heterocycles. The Labute approximate surface area is 278 Å². The van der Waals surface area contributed by atoms with Gasteiger partial charge in [-0.3, -0.25) is 4.79 Å². The Balaban J connectivity index is 0. The van der Waals surface area contributed by atoms with Crippen LogP contribution in [0.4, 0.5) is 0 Å². The summed E-state index contributed by atoms with van der Waals surface area (Å²) in [5.41, 5.74) is 0.625. The number of aliphatic carboxylic acids is 1. The van der Waals surface area contributed by atoms with E-state index in [1.807, 2.05) is 0 Å². The van der Waals surface area contributed by atoms with Crippen LogP contribution in [0.3, 0.4) is 0 Å². The third kappa shape index (κ3) is 28.5. The van der Waals surface area contributed by atoms with Crippen molar-refractivity contribution >= 4 is 25.2 Å². The molecule has 0 aromatic rings. The van der Waals surface area contributed by atoms with Crippen LogP contribution in [0.25, 0.3) is 0 Å². The third-order valence-electron chi connectivity index (χ3n) is 8.46. The molecule has 1 N–H and O–H groups in total. The standard InChI is InChI=1S/C35H68O5P.C2H4O2/c1-7-10-13-16-19-22-25-41(26-23-20-17-14-11-8-2,27-24-21-18-15-12-9-3)32(6)28-34(37)39-29-33(36)30-40-35(38)31(4)5;1-2(3)4/h32-33,36H,4,7-30H2,1-3,5-6H3;1H3,(H,3,4)/q+1;/p-1. The van der Waals surface area contributed by atoms with Crippen molar-refractivity contribution in [3.63, 3.8) is 0 Å². The number of rotatable bonds is 29. The minimum atomic E-state index is -1.33. The first kappa shape index (κ1) is 45.7. The van der Waals surface area contributed by atoms with E-state index >= 15 is 0 Å². The number of ether oxygens (including phenoxy) is 2. The van der Waals surface area contributed by atoms with E-state index in [-0.39, 0.29) is 24.8 Å². The largest absolute Gasteiger partial charge is 0.550 e. The van der Waals surface area contributed by atoms with Gasteiger partial charge in [0.1, 0.15) is 19.3 Å². The summed E-state index contributed by atoms with van der Waals surface area (Å²) < 4.78 is 10.5. The molecule has 0 saturated carbocycles. The molecule has 0 aliphatic heterocycles. The maximum atomic E-state index is 13.0. The van der Waals surface area contributed by atoms with Crippen LogP contribution >= 0.6 is 7.26 Å². The zero-order valence-electron chi connectivity index (χ0n) is 30.2. The second-order valence-corrected chi connectivity index (χ2v) is 17.6. The number of unbranched alkanes of at least 4 members (excludes halogenated alkanes) is 15. The Bertz CT molecular complexity index is 710. The quantitative estimate of drug-likeness (QED) is 0.0370. The van der Waals surface area contributed by atoms with Gasteiger partial charge in [0.2, 0.25) is 0 Å². The summed E-state index contributed by atoms with van der Waals surface area (Å²) in [6.45, 7) is 14.9. The summed E-state index contributed by atoms with van der Waals surface area (Å²) >= 11 is 0. The Morgan fingerprint density at radius 3 is 1.36 bits per heavy atom. The van der Waals surface area contributed by atoms with Crippen LogP contribution < -0.4 is 5.11 Å². The topological polar surface area (TPSA) is 113 Å². The van der Waals surface area contributed by atoms with Gasteiger partial charge in [0.25, 0.3) is 0 Å². The lowest BCUT2D eigenvalue weighted by Gasteiger charge is -2.33. The van der Waals surface area contributed by atoms with Crippen molar-refractivity contribution in [2.45, 2.75) is 175 Å². The van der Waals surface area contributed by atoms with Gasteiger partial charge >= 0.3 is 11.9 Å². The smallest absolute Gasteiger partial charge is 0.333 e. The van der Waals surface area contributed by atoms with Gasteiger partial charge in [0, 0.05) is 18.8 Å². The molecule has 8 heteroatoms. The molecule has 0 aliphatic carbocycles. The summed E-state index contributed by atoms with van der Waals surface area (Å²) in [7, 11) is -1.33. The molecule has 7 nitrogen and oxygen atoms in total. The van der Waals surface area contributed by atoms with Gasteiger partial charge in [-0.1, -0.05) is 104 Å². The number of carbonyl (C=O) groups excluding carboxylic acids is 3. The fraction of sp³-hybridized carbons (Fsp3) is 0.865. The second-order valence-electron chi connectivity index (χ2n) is 13.0. The lowest BCUT2D eigenvalue weighted by atomic mass is 10.1. The summed E-state index contributed by atoms with van der Waals surface area (Å²) in [5.74, 6) is -1.86. The number of esters is 2. The highest BCUT2D eigenvalue weighted by atomic mass is 31.2. The maximum absolute atomic E-state index is 13.0. The number of aliphatic hydroxyl groups is 1. The van der Waals surface area contributed by atoms with E-state index in [1.54, 1.807) is 6.92 Å². The molecular weight excluding hydrogens is 587 g/mol. The molecule has 0 aromatic carbocycles. The van der Waals surface area contributed by atoms with Crippen LogP contribution in [0.2, 0.25) is 0 Å². The van der Waals surface area contributed by atoms with E-state index in [9.17, 15) is 14.7 Å². The van der Waals surface area contributed by atoms with Gasteiger partial charge in [0.05, 0.1) is 30.6 Å². The number of carboxylic acids is 1. The third-order valence-corrected chi connectivity index (χ3v) is 14.1. The summed E-state index contributed by atoms with van der Waals surface area (Å²) in [4.78, 5) is 33.4. The number of carbonyl (C=O) groups is 3. The lowest BCUT2D eigenvalue weighted by Crippen LogP contribution is -2.28. The molecule has 0 amide bonds. The highest BCUT2D eigenvalue weighted by Crippen LogP contribution is 2.65. The molecule has 0 aliphatic rings. The first-order valence-electron chi connectivity index (χ1n) is 18.1. The number of carboxylic acid groups (broad SMARTS) is 1. The van der Waals surface area contributed by atoms with Crippen molar-refractivity contribution < 1.29 is 34.1 Å². The highest BCUT2D eigenvalue weighted by Gasteiger charge is 2.42. The summed E-state index contributed by atoms with van der Waals surface area (Å²) in [6.07, 6.45) is 26.9. The van der Waals surface area contributed by atoms with Crippen molar-refractivity contribution in [3.8, 4) is 0 Å². The Hall–Kier alpha value is -1.46. The molecule has 0 rings (SSSR count). The van der Waals surface area contributed by atoms with Gasteiger partial charge in [-0.2, -0.15) is 0 Å². The Morgan fingerprint density at radius 1 is 0.667 bits per heavy atom. The maximum Gasteiger partial charge on any atom is 0.333 e. The van der Waals surface area contributed by atoms with E-state index in [2.05, 4.69) is 34.3 Å². The molecule has 2 atom stereocenters. The highest BCUT2D eigenvalue weighted by molar-refractivity contribution is 7.76. The Morgan fingerprint density at radius 2 is 1.00 bits per heavy atom. The fourth-order valence-corrected chi connectivity index (χ4v) is 10.7. The predicted molar refractivity (Wildman–Crippen MR) is 189 cm³/mol. The molecule has 0 fully saturated rings. The monoisotopic (exact) mass is 658 g/mol. The van der Waals surface area contributed by atoms with Crippen LogP contribution in [-0.2, 0) is 23.9 Å². The van der Waals surface area contributed by atoms with Gasteiger partial charge in [-0.25, -0.2) is 4.79 Å². The van der Waals surface area contributed by atoms with Crippen LogP contribution in [0.1, 0.15) is 164 Å². The van der Waals surface area contributed by atoms with E-state index in [1.165, 1.54) is 134 Å². The minimum absolute atomic E-state index is 0.146. The molecule has 0 aromatic heterocycles. The Kier molecular flexibility index (Phi) is 31.6. The number of hydrogen-bond donors (Lipinski definition) is 1. The molecule has 0 saturated heterocycles. The van der Waals surface area contributed by atoms with Crippen LogP contribution in [0.15, 0.2) is 12.2 Å². The first-order valence-corrected chi connectivity index (χ1v) is 20.6. The first-order chi connectivity index (χ1) is 21.4. The van der Waals surface area contributed by atoms with Crippen molar-refractivity contribution in [2.75, 3.05) is 31.7 Å². The molecule has 0 spiro atoms. The van der Waals surface area contributed by atoms with Crippen molar-refractivity contribution in [1.29, 1.82) is 0 Å². The van der Waals surface area contributed by atoms with E-state index in [0.717, 1.165) is 6.92 Å². The van der Waals surface area contributed by atoms with Crippen LogP contribution in [0.5, 0.6) is 0 Å². The molecule has 0 bridgehead atoms. The van der Waals surface area contributed by atoms with Gasteiger partial charge in [0.15, 0.2) is 0 Å². The molecule has 2 unspecified atom stereocenters. The van der Waals surface area contributed by atoms with Gasteiger partial charge in [-0.15, -0.1) is 0 Å². The molecule has 266 valence electrons. The molecular formula is C37H71O7P. The van der Waals surface area contributed by atoms with Crippen molar-refractivity contribution in [1.82, 2.24) is 0 Å². The van der Waals surface area contributed by atoms with Crippen LogP contribution in [0, 0.1) is 0 Å². The normalized spacial score (nSPS) is 12.5. The average molecular weight is 659 g/mol. The summed E-state index contributed by atoms with van der Waals surface area (Å²) in [5, 5.41) is 19.0. The van der Waals surface area contributed by atoms with E-state index in [0.29, 0.717) is 12.1 Å². The minimum Gasteiger partial charge on any atom is -0.550 e. The van der Waals surface area contributed by atoms with E-state index in [4.69, 9.17) is 19.4 Å². The lowest BCUT2D eigenvalue weighted by molar-refractivity contribution is -0.302. The number of hydrogen-bond acceptors (Lipinski definition) is 7.